The van der Waals surface area contributed by atoms with Crippen LogP contribution in [0.2, 0.25) is 0 Å². The summed E-state index contributed by atoms with van der Waals surface area (Å²) in [6.07, 6.45) is 0.793. The van der Waals surface area contributed by atoms with Crippen LogP contribution in [0.25, 0.3) is 0 Å². The highest BCUT2D eigenvalue weighted by Crippen LogP contribution is 2.27. The van der Waals surface area contributed by atoms with E-state index in [0.29, 0.717) is 31.0 Å². The van der Waals surface area contributed by atoms with Crippen molar-refractivity contribution in [2.24, 2.45) is 0 Å². The molecular weight excluding hydrogens is 450 g/mol. The van der Waals surface area contributed by atoms with Crippen molar-refractivity contribution in [2.45, 2.75) is 51.2 Å². The summed E-state index contributed by atoms with van der Waals surface area (Å²) in [5.41, 5.74) is 1.88. The van der Waals surface area contributed by atoms with Crippen LogP contribution in [0.1, 0.15) is 28.0 Å². The minimum Gasteiger partial charge on any atom is -0.491 e. The van der Waals surface area contributed by atoms with Crippen molar-refractivity contribution in [1.29, 1.82) is 0 Å². The second-order valence-corrected chi connectivity index (χ2v) is 7.72. The third-order valence-corrected chi connectivity index (χ3v) is 5.32. The average Bonchev–Trinajstić information content (AvgIpc) is 3.32. The van der Waals surface area contributed by atoms with Gasteiger partial charge in [0.15, 0.2) is 5.69 Å². The molecule has 4 rings (SSSR count). The quantitative estimate of drug-likeness (QED) is 0.535. The lowest BCUT2D eigenvalue weighted by Crippen LogP contribution is -2.43. The van der Waals surface area contributed by atoms with Gasteiger partial charge < -0.3 is 24.3 Å². The van der Waals surface area contributed by atoms with E-state index in [-0.39, 0.29) is 44.1 Å². The van der Waals surface area contributed by atoms with Crippen molar-refractivity contribution < 1.29 is 41.3 Å². The van der Waals surface area contributed by atoms with E-state index in [2.05, 4.69) is 19.9 Å². The normalized spacial score (nSPS) is 19.2. The van der Waals surface area contributed by atoms with Gasteiger partial charge >= 0.3 is 13.2 Å². The van der Waals surface area contributed by atoms with Gasteiger partial charge in [-0.25, -0.2) is 4.68 Å². The number of benzene rings is 1. The Bertz CT molecular complexity index is 948. The first-order valence-corrected chi connectivity index (χ1v) is 10.5. The predicted octanol–water partition coefficient (Wildman–Crippen LogP) is 2.79. The Kier molecular flexibility index (Phi) is 7.33. The van der Waals surface area contributed by atoms with Crippen LogP contribution in [-0.2, 0) is 28.9 Å². The Balaban J connectivity index is 1.28. The summed E-state index contributed by atoms with van der Waals surface area (Å²) in [5.74, 6) is 0.690. The maximum atomic E-state index is 12.6. The van der Waals surface area contributed by atoms with E-state index in [1.54, 1.807) is 12.1 Å². The average molecular weight is 473 g/mol. The highest BCUT2D eigenvalue weighted by atomic mass is 19.3. The molecule has 0 bridgehead atoms. The largest absolute Gasteiger partial charge is 0.491 e. The molecule has 0 fully saturated rings. The summed E-state index contributed by atoms with van der Waals surface area (Å²) < 4.78 is 69.8. The number of hydrogen-bond donors (Lipinski definition) is 1. The minimum atomic E-state index is -2.82. The van der Waals surface area contributed by atoms with E-state index in [1.165, 1.54) is 10.7 Å². The van der Waals surface area contributed by atoms with Gasteiger partial charge in [0.1, 0.15) is 18.5 Å². The van der Waals surface area contributed by atoms with Gasteiger partial charge in [-0.3, -0.25) is 4.79 Å². The summed E-state index contributed by atoms with van der Waals surface area (Å²) in [6, 6.07) is 6.65. The van der Waals surface area contributed by atoms with E-state index >= 15 is 0 Å². The number of hydrogen-bond acceptors (Lipinski definition) is 6. The van der Waals surface area contributed by atoms with Gasteiger partial charge in [0.05, 0.1) is 25.8 Å². The smallest absolute Gasteiger partial charge is 0.345 e. The first-order valence-electron chi connectivity index (χ1n) is 10.5. The number of carbonyl (C=O) groups is 1. The minimum absolute atomic E-state index is 0.0926. The number of nitrogens with zero attached hydrogens (tertiary/aromatic N) is 2. The molecule has 3 heterocycles. The fourth-order valence-electron chi connectivity index (χ4n) is 3.80. The Morgan fingerprint density at radius 1 is 1.18 bits per heavy atom. The number of ether oxygens (including phenoxy) is 4. The number of fused-ring (bicyclic) bond motifs is 2. The molecule has 0 spiro atoms. The van der Waals surface area contributed by atoms with E-state index in [1.807, 2.05) is 6.07 Å². The number of alkyl halides is 4. The Morgan fingerprint density at radius 2 is 1.97 bits per heavy atom. The Labute approximate surface area is 186 Å². The second kappa shape index (κ2) is 10.4. The topological polar surface area (TPSA) is 83.8 Å². The fraction of sp³-hybridized carbons (Fsp3) is 0.524. The number of aromatic nitrogens is 2. The molecule has 0 saturated carbocycles. The molecule has 8 nitrogen and oxygen atoms in total. The molecule has 1 amide bonds. The number of amides is 1. The van der Waals surface area contributed by atoms with Crippen molar-refractivity contribution in [1.82, 2.24) is 15.1 Å². The maximum Gasteiger partial charge on any atom is 0.345 e. The molecule has 1 N–H and O–H groups in total. The monoisotopic (exact) mass is 473 g/mol. The fourth-order valence-corrected chi connectivity index (χ4v) is 3.80. The molecule has 1 unspecified atom stereocenters. The van der Waals surface area contributed by atoms with Crippen molar-refractivity contribution in [3.05, 3.63) is 41.1 Å². The lowest BCUT2D eigenvalue weighted by molar-refractivity contribution is -0.132. The summed E-state index contributed by atoms with van der Waals surface area (Å²) in [4.78, 5) is 12.6. The SMILES string of the molecule is O=C(N[C@H]1COc2ccc(CCOC(F)F)cc2C1)c1cc2n(n1)CC(CCOC(F)F)O2. The zero-order chi connectivity index (χ0) is 23.4. The third-order valence-electron chi connectivity index (χ3n) is 5.32. The molecule has 1 aromatic carbocycles. The van der Waals surface area contributed by atoms with Crippen LogP contribution in [0.4, 0.5) is 17.6 Å². The van der Waals surface area contributed by atoms with Gasteiger partial charge in [-0.2, -0.15) is 22.7 Å². The van der Waals surface area contributed by atoms with Crippen molar-refractivity contribution in [3.63, 3.8) is 0 Å². The molecule has 0 saturated heterocycles. The number of carbonyl (C=O) groups excluding carboxylic acids is 1. The van der Waals surface area contributed by atoms with E-state index in [0.717, 1.165) is 11.1 Å². The molecule has 0 aliphatic carbocycles. The van der Waals surface area contributed by atoms with E-state index in [4.69, 9.17) is 9.47 Å². The Hall–Kier alpha value is -2.86. The van der Waals surface area contributed by atoms with Gasteiger partial charge in [-0.05, 0) is 30.0 Å². The van der Waals surface area contributed by atoms with Crippen molar-refractivity contribution in [3.8, 4) is 11.6 Å². The lowest BCUT2D eigenvalue weighted by Gasteiger charge is -2.26. The van der Waals surface area contributed by atoms with Crippen LogP contribution >= 0.6 is 0 Å². The second-order valence-electron chi connectivity index (χ2n) is 7.72. The number of nitrogens with one attached hydrogen (secondary N) is 1. The van der Waals surface area contributed by atoms with E-state index in [9.17, 15) is 22.4 Å². The summed E-state index contributed by atoms with van der Waals surface area (Å²) in [5, 5.41) is 7.11. The van der Waals surface area contributed by atoms with Gasteiger partial charge in [0.2, 0.25) is 5.88 Å². The Morgan fingerprint density at radius 3 is 2.73 bits per heavy atom. The highest BCUT2D eigenvalue weighted by molar-refractivity contribution is 5.92. The molecule has 180 valence electrons. The number of rotatable bonds is 10. The molecule has 2 aromatic rings. The van der Waals surface area contributed by atoms with Crippen LogP contribution in [0.5, 0.6) is 11.6 Å². The van der Waals surface area contributed by atoms with Gasteiger partial charge in [0, 0.05) is 12.5 Å². The molecular formula is C21H23F4N3O5. The van der Waals surface area contributed by atoms with E-state index < -0.39 is 19.1 Å². The van der Waals surface area contributed by atoms with Crippen LogP contribution in [-0.4, -0.2) is 60.9 Å². The van der Waals surface area contributed by atoms with Crippen LogP contribution in [0.3, 0.4) is 0 Å². The molecule has 0 radical (unpaired) electrons. The highest BCUT2D eigenvalue weighted by Gasteiger charge is 2.28. The summed E-state index contributed by atoms with van der Waals surface area (Å²) in [6.45, 7) is -5.23. The molecule has 2 atom stereocenters. The maximum absolute atomic E-state index is 12.6. The zero-order valence-corrected chi connectivity index (χ0v) is 17.5. The molecule has 33 heavy (non-hydrogen) atoms. The van der Waals surface area contributed by atoms with Crippen LogP contribution in [0, 0.1) is 0 Å². The first kappa shape index (κ1) is 23.3. The molecule has 1 aromatic heterocycles. The number of halogens is 4. The molecule has 2 aliphatic rings. The lowest BCUT2D eigenvalue weighted by atomic mass is 9.99. The first-order chi connectivity index (χ1) is 15.9. The van der Waals surface area contributed by atoms with Crippen LogP contribution < -0.4 is 14.8 Å². The summed E-state index contributed by atoms with van der Waals surface area (Å²) >= 11 is 0. The van der Waals surface area contributed by atoms with Crippen LogP contribution in [0.15, 0.2) is 24.3 Å². The predicted molar refractivity (Wildman–Crippen MR) is 106 cm³/mol. The zero-order valence-electron chi connectivity index (χ0n) is 17.5. The molecule has 2 aliphatic heterocycles. The van der Waals surface area contributed by atoms with Gasteiger partial charge in [-0.15, -0.1) is 0 Å². The van der Waals surface area contributed by atoms with Crippen molar-refractivity contribution in [2.75, 3.05) is 19.8 Å². The standard InChI is InChI=1S/C21H23F4N3O5/c22-20(23)30-5-3-12-1-2-17-13(7-12)8-14(11-32-17)26-19(29)16-9-18-28(27-16)10-15(33-18)4-6-31-21(24)25/h1-2,7,9,14-15,20-21H,3-6,8,10-11H2,(H,26,29)/t14-,15?/m1/s1. The van der Waals surface area contributed by atoms with Gasteiger partial charge in [0.25, 0.3) is 5.91 Å². The third kappa shape index (κ3) is 6.14. The summed E-state index contributed by atoms with van der Waals surface area (Å²) in [7, 11) is 0. The molecule has 12 heteroatoms. The van der Waals surface area contributed by atoms with Gasteiger partial charge in [-0.1, -0.05) is 12.1 Å². The van der Waals surface area contributed by atoms with Crippen molar-refractivity contribution >= 4 is 5.91 Å².